The Morgan fingerprint density at radius 1 is 1.07 bits per heavy atom. The number of nitrogens with zero attached hydrogens (tertiary/aromatic N) is 2. The van der Waals surface area contributed by atoms with Crippen LogP contribution in [0.1, 0.15) is 25.7 Å². The van der Waals surface area contributed by atoms with E-state index in [-0.39, 0.29) is 5.69 Å². The fourth-order valence-corrected chi connectivity index (χ4v) is 2.96. The molecule has 0 bridgehead atoms. The number of hydrazine groups is 1. The lowest BCUT2D eigenvalue weighted by Crippen LogP contribution is -2.42. The average molecular weight is 415 g/mol. The van der Waals surface area contributed by atoms with Gasteiger partial charge >= 0.3 is 6.18 Å². The van der Waals surface area contributed by atoms with Crippen molar-refractivity contribution in [2.75, 3.05) is 0 Å². The molecule has 0 aliphatic rings. The van der Waals surface area contributed by atoms with Crippen LogP contribution in [0.5, 0.6) is 0 Å². The minimum absolute atomic E-state index is 0.0772. The molecule has 0 saturated heterocycles. The van der Waals surface area contributed by atoms with Crippen LogP contribution in [-0.2, 0) is 6.18 Å². The molecular formula is C16H10ClF3N4O2S. The van der Waals surface area contributed by atoms with Gasteiger partial charge in [-0.3, -0.25) is 20.4 Å². The summed E-state index contributed by atoms with van der Waals surface area (Å²) in [5.74, 6) is -1.79. The monoisotopic (exact) mass is 414 g/mol. The van der Waals surface area contributed by atoms with Crippen LogP contribution in [0.25, 0.3) is 5.69 Å². The Morgan fingerprint density at radius 3 is 2.33 bits per heavy atom. The summed E-state index contributed by atoms with van der Waals surface area (Å²) in [5, 5.41) is 5.65. The molecule has 0 atom stereocenters. The lowest BCUT2D eigenvalue weighted by Gasteiger charge is -2.13. The lowest BCUT2D eigenvalue weighted by atomic mass is 10.2. The number of benzene rings is 1. The van der Waals surface area contributed by atoms with E-state index in [2.05, 4.69) is 10.5 Å². The number of carbonyl (C=O) groups is 2. The van der Waals surface area contributed by atoms with Crippen molar-refractivity contribution in [1.82, 2.24) is 20.6 Å². The third-order valence-corrected chi connectivity index (χ3v) is 4.51. The summed E-state index contributed by atoms with van der Waals surface area (Å²) < 4.78 is 41.2. The summed E-state index contributed by atoms with van der Waals surface area (Å²) in [5.41, 5.74) is 2.11. The number of nitrogens with one attached hydrogen (secondary N) is 2. The Bertz CT molecular complexity index is 969. The minimum Gasteiger partial charge on any atom is -0.267 e. The van der Waals surface area contributed by atoms with Crippen molar-refractivity contribution in [1.29, 1.82) is 0 Å². The predicted octanol–water partition coefficient (Wildman–Crippen LogP) is 3.68. The van der Waals surface area contributed by atoms with Gasteiger partial charge in [0.25, 0.3) is 11.8 Å². The number of hydrogen-bond donors (Lipinski definition) is 2. The van der Waals surface area contributed by atoms with Gasteiger partial charge < -0.3 is 0 Å². The molecule has 2 amide bonds. The van der Waals surface area contributed by atoms with Crippen LogP contribution in [0.4, 0.5) is 13.2 Å². The van der Waals surface area contributed by atoms with E-state index in [4.69, 9.17) is 11.6 Å². The highest BCUT2D eigenvalue weighted by atomic mass is 35.5. The van der Waals surface area contributed by atoms with Crippen molar-refractivity contribution in [3.05, 3.63) is 69.1 Å². The number of hydrogen-bond acceptors (Lipinski definition) is 4. The van der Waals surface area contributed by atoms with Gasteiger partial charge in [0.2, 0.25) is 0 Å². The van der Waals surface area contributed by atoms with Crippen molar-refractivity contribution in [3.8, 4) is 5.69 Å². The Morgan fingerprint density at radius 2 is 1.74 bits per heavy atom. The average Bonchev–Trinajstić information content (AvgIpc) is 3.29. The van der Waals surface area contributed by atoms with Crippen molar-refractivity contribution >= 4 is 34.8 Å². The van der Waals surface area contributed by atoms with Gasteiger partial charge in [0.05, 0.1) is 22.3 Å². The highest BCUT2D eigenvalue weighted by molar-refractivity contribution is 7.12. The molecule has 27 heavy (non-hydrogen) atoms. The second-order valence-corrected chi connectivity index (χ2v) is 6.56. The van der Waals surface area contributed by atoms with Gasteiger partial charge in [-0.25, -0.2) is 4.68 Å². The Hall–Kier alpha value is -2.85. The third-order valence-electron chi connectivity index (χ3n) is 3.39. The first-order valence-electron chi connectivity index (χ1n) is 7.32. The standard InChI is InChI=1S/C16H10ClF3N4O2S/c17-9-3-5-10(6-4-9)24-13(16(18,19)20)11(8-21-24)14(25)22-23-15(26)12-2-1-7-27-12/h1-8H,(H,22,25)(H,23,26). The largest absolute Gasteiger partial charge is 0.434 e. The van der Waals surface area contributed by atoms with E-state index in [1.54, 1.807) is 11.4 Å². The van der Waals surface area contributed by atoms with Gasteiger partial charge in [-0.1, -0.05) is 17.7 Å². The third kappa shape index (κ3) is 4.12. The SMILES string of the molecule is O=C(NNC(=O)c1cnn(-c2ccc(Cl)cc2)c1C(F)(F)F)c1cccs1. The van der Waals surface area contributed by atoms with Gasteiger partial charge in [0, 0.05) is 5.02 Å². The zero-order valence-corrected chi connectivity index (χ0v) is 14.8. The normalized spacial score (nSPS) is 11.3. The maximum Gasteiger partial charge on any atom is 0.434 e. The zero-order valence-electron chi connectivity index (χ0n) is 13.2. The molecule has 6 nitrogen and oxygen atoms in total. The molecule has 0 radical (unpaired) electrons. The summed E-state index contributed by atoms with van der Waals surface area (Å²) in [6.07, 6.45) is -4.08. The van der Waals surface area contributed by atoms with E-state index in [1.165, 1.54) is 30.3 Å². The quantitative estimate of drug-likeness (QED) is 0.642. The molecule has 2 aromatic heterocycles. The lowest BCUT2D eigenvalue weighted by molar-refractivity contribution is -0.143. The molecule has 2 heterocycles. The molecule has 0 aliphatic carbocycles. The number of amides is 2. The van der Waals surface area contributed by atoms with Gasteiger partial charge in [0.15, 0.2) is 5.69 Å². The summed E-state index contributed by atoms with van der Waals surface area (Å²) in [4.78, 5) is 24.3. The summed E-state index contributed by atoms with van der Waals surface area (Å²) in [6.45, 7) is 0. The molecule has 140 valence electrons. The number of alkyl halides is 3. The molecule has 0 fully saturated rings. The van der Waals surface area contributed by atoms with Crippen LogP contribution in [-0.4, -0.2) is 21.6 Å². The maximum atomic E-state index is 13.5. The van der Waals surface area contributed by atoms with Crippen LogP contribution in [0.3, 0.4) is 0 Å². The number of carbonyl (C=O) groups excluding carboxylic acids is 2. The highest BCUT2D eigenvalue weighted by Gasteiger charge is 2.40. The van der Waals surface area contributed by atoms with Crippen molar-refractivity contribution < 1.29 is 22.8 Å². The Labute approximate surface area is 159 Å². The minimum atomic E-state index is -4.86. The van der Waals surface area contributed by atoms with Gasteiger partial charge in [-0.2, -0.15) is 18.3 Å². The van der Waals surface area contributed by atoms with Crippen molar-refractivity contribution in [2.45, 2.75) is 6.18 Å². The van der Waals surface area contributed by atoms with E-state index in [1.807, 2.05) is 5.43 Å². The molecule has 0 spiro atoms. The molecule has 0 unspecified atom stereocenters. The van der Waals surface area contributed by atoms with E-state index in [0.29, 0.717) is 14.6 Å². The van der Waals surface area contributed by atoms with Crippen LogP contribution in [0, 0.1) is 0 Å². The zero-order chi connectivity index (χ0) is 19.6. The molecule has 0 aliphatic heterocycles. The summed E-state index contributed by atoms with van der Waals surface area (Å²) in [6, 6.07) is 8.61. The molecule has 11 heteroatoms. The van der Waals surface area contributed by atoms with E-state index >= 15 is 0 Å². The highest BCUT2D eigenvalue weighted by Crippen LogP contribution is 2.33. The van der Waals surface area contributed by atoms with E-state index in [0.717, 1.165) is 17.5 Å². The van der Waals surface area contributed by atoms with Gasteiger partial charge in [0.1, 0.15) is 0 Å². The fourth-order valence-electron chi connectivity index (χ4n) is 2.22. The Balaban J connectivity index is 1.87. The first-order valence-corrected chi connectivity index (χ1v) is 8.58. The number of halogens is 4. The second-order valence-electron chi connectivity index (χ2n) is 5.18. The number of rotatable bonds is 3. The molecule has 2 N–H and O–H groups in total. The summed E-state index contributed by atoms with van der Waals surface area (Å²) in [7, 11) is 0. The van der Waals surface area contributed by atoms with Gasteiger partial charge in [-0.15, -0.1) is 11.3 Å². The first-order chi connectivity index (χ1) is 12.8. The van der Waals surface area contributed by atoms with E-state index < -0.39 is 29.2 Å². The number of aromatic nitrogens is 2. The topological polar surface area (TPSA) is 76.0 Å². The van der Waals surface area contributed by atoms with Crippen molar-refractivity contribution in [3.63, 3.8) is 0 Å². The second kappa shape index (κ2) is 7.41. The van der Waals surface area contributed by atoms with Crippen LogP contribution in [0.15, 0.2) is 48.0 Å². The molecular weight excluding hydrogens is 405 g/mol. The first kappa shape index (κ1) is 18.9. The van der Waals surface area contributed by atoms with Crippen LogP contribution in [0.2, 0.25) is 5.02 Å². The van der Waals surface area contributed by atoms with Crippen molar-refractivity contribution in [2.24, 2.45) is 0 Å². The van der Waals surface area contributed by atoms with E-state index in [9.17, 15) is 22.8 Å². The van der Waals surface area contributed by atoms with Crippen LogP contribution >= 0.6 is 22.9 Å². The summed E-state index contributed by atoms with van der Waals surface area (Å²) >= 11 is 6.86. The molecule has 3 rings (SSSR count). The van der Waals surface area contributed by atoms with Crippen LogP contribution < -0.4 is 10.9 Å². The smallest absolute Gasteiger partial charge is 0.267 e. The predicted molar refractivity (Wildman–Crippen MR) is 92.8 cm³/mol. The molecule has 1 aromatic carbocycles. The molecule has 3 aromatic rings. The van der Waals surface area contributed by atoms with Gasteiger partial charge in [-0.05, 0) is 35.7 Å². The Kier molecular flexibility index (Phi) is 5.19. The number of thiophene rings is 1. The molecule has 0 saturated carbocycles. The fraction of sp³-hybridized carbons (Fsp3) is 0.0625. The maximum absolute atomic E-state index is 13.5.